The van der Waals surface area contributed by atoms with Crippen molar-refractivity contribution in [1.29, 1.82) is 0 Å². The number of nitrogens with one attached hydrogen (secondary N) is 1. The van der Waals surface area contributed by atoms with Crippen LogP contribution >= 0.6 is 15.9 Å². The van der Waals surface area contributed by atoms with Gasteiger partial charge in [-0.2, -0.15) is 23.4 Å². The standard InChI is InChI=1S/C11H11BrF3N3/c1-7-10(6-12)17-18(16-7)9-4-2-8(3-5-9)11(13,14)15/h2-5,7,16H,6H2,1H3. The summed E-state index contributed by atoms with van der Waals surface area (Å²) in [6.07, 6.45) is -4.31. The van der Waals surface area contributed by atoms with E-state index in [4.69, 9.17) is 0 Å². The SMILES string of the molecule is CC1NN(c2ccc(C(F)(F)F)cc2)N=C1CBr. The summed E-state index contributed by atoms with van der Waals surface area (Å²) in [6, 6.07) is 4.94. The predicted octanol–water partition coefficient (Wildman–Crippen LogP) is 3.17. The van der Waals surface area contributed by atoms with Crippen LogP contribution in [0.2, 0.25) is 0 Å². The molecule has 98 valence electrons. The van der Waals surface area contributed by atoms with Crippen molar-refractivity contribution >= 4 is 27.3 Å². The van der Waals surface area contributed by atoms with Crippen molar-refractivity contribution in [2.24, 2.45) is 5.10 Å². The molecule has 18 heavy (non-hydrogen) atoms. The second kappa shape index (κ2) is 4.89. The topological polar surface area (TPSA) is 27.6 Å². The van der Waals surface area contributed by atoms with Crippen LogP contribution in [0.3, 0.4) is 0 Å². The molecule has 1 unspecified atom stereocenters. The summed E-state index contributed by atoms with van der Waals surface area (Å²) in [4.78, 5) is 0. The van der Waals surface area contributed by atoms with Gasteiger partial charge in [0.2, 0.25) is 0 Å². The molecule has 0 spiro atoms. The number of nitrogens with zero attached hydrogens (tertiary/aromatic N) is 2. The molecule has 1 heterocycles. The minimum absolute atomic E-state index is 0.0617. The number of hydrogen-bond acceptors (Lipinski definition) is 3. The lowest BCUT2D eigenvalue weighted by molar-refractivity contribution is -0.137. The predicted molar refractivity (Wildman–Crippen MR) is 67.7 cm³/mol. The minimum Gasteiger partial charge on any atom is -0.204 e. The third kappa shape index (κ3) is 2.67. The molecule has 1 aliphatic rings. The Balaban J connectivity index is 2.19. The molecular formula is C11H11BrF3N3. The molecule has 7 heteroatoms. The molecule has 3 nitrogen and oxygen atoms in total. The first-order valence-electron chi connectivity index (χ1n) is 5.28. The van der Waals surface area contributed by atoms with Crippen molar-refractivity contribution in [2.75, 3.05) is 10.4 Å². The van der Waals surface area contributed by atoms with E-state index in [0.717, 1.165) is 17.8 Å². The zero-order valence-electron chi connectivity index (χ0n) is 9.50. The van der Waals surface area contributed by atoms with Crippen LogP contribution in [0.15, 0.2) is 29.4 Å². The van der Waals surface area contributed by atoms with E-state index in [1.165, 1.54) is 17.3 Å². The van der Waals surface area contributed by atoms with E-state index in [2.05, 4.69) is 26.5 Å². The number of anilines is 1. The number of halogens is 4. The summed E-state index contributed by atoms with van der Waals surface area (Å²) in [5.74, 6) is 0. The van der Waals surface area contributed by atoms with Crippen molar-refractivity contribution in [3.8, 4) is 0 Å². The van der Waals surface area contributed by atoms with Gasteiger partial charge in [-0.25, -0.2) is 5.43 Å². The molecule has 0 fully saturated rings. The first-order chi connectivity index (χ1) is 8.41. The maximum absolute atomic E-state index is 12.4. The third-order valence-electron chi connectivity index (χ3n) is 2.62. The van der Waals surface area contributed by atoms with Gasteiger partial charge in [-0.05, 0) is 31.2 Å². The fraction of sp³-hybridized carbons (Fsp3) is 0.364. The fourth-order valence-electron chi connectivity index (χ4n) is 1.57. The highest BCUT2D eigenvalue weighted by Gasteiger charge is 2.30. The van der Waals surface area contributed by atoms with Gasteiger partial charge in [-0.15, -0.1) is 0 Å². The molecule has 1 aliphatic heterocycles. The lowest BCUT2D eigenvalue weighted by atomic mass is 10.2. The highest BCUT2D eigenvalue weighted by atomic mass is 79.9. The van der Waals surface area contributed by atoms with E-state index in [9.17, 15) is 13.2 Å². The van der Waals surface area contributed by atoms with Crippen LogP contribution in [0.5, 0.6) is 0 Å². The van der Waals surface area contributed by atoms with Crippen LogP contribution in [0.1, 0.15) is 12.5 Å². The Hall–Kier alpha value is -1.08. The summed E-state index contributed by atoms with van der Waals surface area (Å²) in [7, 11) is 0. The number of hydrazone groups is 1. The number of benzene rings is 1. The summed E-state index contributed by atoms with van der Waals surface area (Å²) < 4.78 is 37.2. The molecule has 1 aromatic rings. The molecule has 0 radical (unpaired) electrons. The van der Waals surface area contributed by atoms with E-state index < -0.39 is 11.7 Å². The van der Waals surface area contributed by atoms with Crippen molar-refractivity contribution in [2.45, 2.75) is 19.1 Å². The van der Waals surface area contributed by atoms with Crippen molar-refractivity contribution < 1.29 is 13.2 Å². The summed E-state index contributed by atoms with van der Waals surface area (Å²) in [5, 5.41) is 6.37. The molecule has 0 bridgehead atoms. The molecule has 0 saturated heterocycles. The Morgan fingerprint density at radius 3 is 2.39 bits per heavy atom. The molecule has 0 saturated carbocycles. The summed E-state index contributed by atoms with van der Waals surface area (Å²) in [6.45, 7) is 1.93. The van der Waals surface area contributed by atoms with Gasteiger partial charge >= 0.3 is 6.18 Å². The van der Waals surface area contributed by atoms with E-state index >= 15 is 0 Å². The normalized spacial score (nSPS) is 20.2. The monoisotopic (exact) mass is 321 g/mol. The molecule has 0 aliphatic carbocycles. The van der Waals surface area contributed by atoms with Crippen LogP contribution in [-0.4, -0.2) is 17.1 Å². The lowest BCUT2D eigenvalue weighted by Gasteiger charge is -2.16. The summed E-state index contributed by atoms with van der Waals surface area (Å²) in [5.41, 5.74) is 3.86. The number of hydrogen-bond donors (Lipinski definition) is 1. The second-order valence-corrected chi connectivity index (χ2v) is 4.49. The molecule has 0 amide bonds. The van der Waals surface area contributed by atoms with E-state index in [-0.39, 0.29) is 6.04 Å². The second-order valence-electron chi connectivity index (χ2n) is 3.93. The Kier molecular flexibility index (Phi) is 3.63. The zero-order valence-corrected chi connectivity index (χ0v) is 11.1. The number of rotatable bonds is 2. The first-order valence-corrected chi connectivity index (χ1v) is 6.41. The maximum Gasteiger partial charge on any atom is 0.416 e. The largest absolute Gasteiger partial charge is 0.416 e. The van der Waals surface area contributed by atoms with Gasteiger partial charge in [-0.3, -0.25) is 0 Å². The number of hydrazine groups is 1. The van der Waals surface area contributed by atoms with Crippen LogP contribution < -0.4 is 10.5 Å². The van der Waals surface area contributed by atoms with Gasteiger partial charge < -0.3 is 0 Å². The van der Waals surface area contributed by atoms with Gasteiger partial charge in [0.25, 0.3) is 0 Å². The Labute approximate surface area is 111 Å². The van der Waals surface area contributed by atoms with Gasteiger partial charge in [0.1, 0.15) is 0 Å². The van der Waals surface area contributed by atoms with E-state index in [1.807, 2.05) is 6.92 Å². The van der Waals surface area contributed by atoms with Gasteiger partial charge in [0, 0.05) is 5.33 Å². The first kappa shape index (κ1) is 13.4. The highest BCUT2D eigenvalue weighted by Crippen LogP contribution is 2.30. The zero-order chi connectivity index (χ0) is 13.3. The molecule has 1 aromatic carbocycles. The smallest absolute Gasteiger partial charge is 0.204 e. The Morgan fingerprint density at radius 1 is 1.33 bits per heavy atom. The highest BCUT2D eigenvalue weighted by molar-refractivity contribution is 9.09. The Bertz CT molecular complexity index is 456. The van der Waals surface area contributed by atoms with Crippen molar-refractivity contribution in [3.63, 3.8) is 0 Å². The van der Waals surface area contributed by atoms with Crippen molar-refractivity contribution in [1.82, 2.24) is 5.43 Å². The van der Waals surface area contributed by atoms with Gasteiger partial charge in [-0.1, -0.05) is 15.9 Å². The minimum atomic E-state index is -4.31. The maximum atomic E-state index is 12.4. The lowest BCUT2D eigenvalue weighted by Crippen LogP contribution is -2.36. The number of alkyl halides is 4. The van der Waals surface area contributed by atoms with E-state index in [1.54, 1.807) is 0 Å². The van der Waals surface area contributed by atoms with Crippen LogP contribution in [-0.2, 0) is 6.18 Å². The van der Waals surface area contributed by atoms with Gasteiger partial charge in [0.05, 0.1) is 23.0 Å². The van der Waals surface area contributed by atoms with Crippen LogP contribution in [0, 0.1) is 0 Å². The Morgan fingerprint density at radius 2 is 1.94 bits per heavy atom. The molecule has 1 atom stereocenters. The molecule has 1 N–H and O–H groups in total. The van der Waals surface area contributed by atoms with Crippen molar-refractivity contribution in [3.05, 3.63) is 29.8 Å². The third-order valence-corrected chi connectivity index (χ3v) is 3.19. The van der Waals surface area contributed by atoms with Gasteiger partial charge in [0.15, 0.2) is 0 Å². The average molecular weight is 322 g/mol. The van der Waals surface area contributed by atoms with E-state index in [0.29, 0.717) is 11.0 Å². The molecule has 0 aromatic heterocycles. The molecule has 2 rings (SSSR count). The quantitative estimate of drug-likeness (QED) is 0.847. The summed E-state index contributed by atoms with van der Waals surface area (Å²) >= 11 is 3.31. The average Bonchev–Trinajstić information content (AvgIpc) is 2.69. The van der Waals surface area contributed by atoms with Crippen LogP contribution in [0.4, 0.5) is 18.9 Å². The molecular weight excluding hydrogens is 311 g/mol. The van der Waals surface area contributed by atoms with Crippen LogP contribution in [0.25, 0.3) is 0 Å². The fourth-order valence-corrected chi connectivity index (χ4v) is 2.17.